The minimum absolute atomic E-state index is 0.219. The van der Waals surface area contributed by atoms with E-state index in [4.69, 9.17) is 0 Å². The summed E-state index contributed by atoms with van der Waals surface area (Å²) in [5.41, 5.74) is 0. The molecule has 46 valence electrons. The number of carbonyl (C=O) groups is 1. The van der Waals surface area contributed by atoms with Crippen LogP contribution in [0.2, 0.25) is 0 Å². The van der Waals surface area contributed by atoms with Crippen LogP contribution in [-0.4, -0.2) is 11.9 Å². The molecule has 1 atom stereocenters. The van der Waals surface area contributed by atoms with Gasteiger partial charge in [-0.1, -0.05) is 6.92 Å². The average Bonchev–Trinajstić information content (AvgIpc) is 2.14. The van der Waals surface area contributed by atoms with Crippen LogP contribution < -0.4 is 5.32 Å². The van der Waals surface area contributed by atoms with E-state index in [1.165, 1.54) is 0 Å². The highest BCUT2D eigenvalue weighted by molar-refractivity contribution is 5.78. The smallest absolute Gasteiger partial charge is 0.220 e. The van der Waals surface area contributed by atoms with Crippen molar-refractivity contribution in [1.82, 2.24) is 5.32 Å². The molecule has 0 aromatic heterocycles. The Morgan fingerprint density at radius 3 is 2.88 bits per heavy atom. The third-order valence-corrected chi connectivity index (χ3v) is 1.58. The van der Waals surface area contributed by atoms with E-state index in [-0.39, 0.29) is 5.91 Å². The first-order chi connectivity index (χ1) is 3.83. The van der Waals surface area contributed by atoms with Crippen LogP contribution in [0.25, 0.3) is 0 Å². The van der Waals surface area contributed by atoms with E-state index in [2.05, 4.69) is 12.2 Å². The number of hydrogen-bond donors (Lipinski definition) is 1. The Kier molecular flexibility index (Phi) is 1.51. The van der Waals surface area contributed by atoms with Crippen LogP contribution in [0, 0.1) is 0 Å². The predicted molar refractivity (Wildman–Crippen MR) is 31.5 cm³/mol. The summed E-state index contributed by atoms with van der Waals surface area (Å²) in [5.74, 6) is 0.219. The molecule has 1 fully saturated rings. The maximum Gasteiger partial charge on any atom is 0.220 e. The number of amides is 1. The zero-order chi connectivity index (χ0) is 5.98. The van der Waals surface area contributed by atoms with Crippen LogP contribution in [0.1, 0.15) is 26.2 Å². The van der Waals surface area contributed by atoms with Crippen LogP contribution in [0.3, 0.4) is 0 Å². The summed E-state index contributed by atoms with van der Waals surface area (Å²) in [5, 5.41) is 2.86. The van der Waals surface area contributed by atoms with Crippen molar-refractivity contribution in [1.29, 1.82) is 0 Å². The van der Waals surface area contributed by atoms with E-state index in [1.54, 1.807) is 0 Å². The second kappa shape index (κ2) is 2.16. The Labute approximate surface area is 49.3 Å². The molecule has 2 heteroatoms. The summed E-state index contributed by atoms with van der Waals surface area (Å²) in [6, 6.07) is 0.475. The third kappa shape index (κ3) is 0.997. The molecule has 1 aliphatic rings. The van der Waals surface area contributed by atoms with Crippen LogP contribution in [0.15, 0.2) is 0 Å². The quantitative estimate of drug-likeness (QED) is 0.532. The van der Waals surface area contributed by atoms with Gasteiger partial charge in [0.1, 0.15) is 0 Å². The number of rotatable bonds is 1. The summed E-state index contributed by atoms with van der Waals surface area (Å²) in [6.45, 7) is 2.09. The predicted octanol–water partition coefficient (Wildman–Crippen LogP) is 0.675. The largest absolute Gasteiger partial charge is 0.353 e. The van der Waals surface area contributed by atoms with Crippen molar-refractivity contribution < 1.29 is 4.79 Å². The van der Waals surface area contributed by atoms with E-state index >= 15 is 0 Å². The molecule has 0 spiro atoms. The van der Waals surface area contributed by atoms with Gasteiger partial charge in [0.25, 0.3) is 0 Å². The van der Waals surface area contributed by atoms with Gasteiger partial charge in [-0.05, 0) is 12.8 Å². The van der Waals surface area contributed by atoms with Crippen molar-refractivity contribution >= 4 is 5.91 Å². The first-order valence-corrected chi connectivity index (χ1v) is 3.12. The van der Waals surface area contributed by atoms with E-state index < -0.39 is 0 Å². The van der Waals surface area contributed by atoms with E-state index in [1.807, 2.05) is 0 Å². The Bertz CT molecular complexity index is 101. The molecule has 1 saturated heterocycles. The summed E-state index contributed by atoms with van der Waals surface area (Å²) < 4.78 is 0. The molecule has 0 aromatic carbocycles. The van der Waals surface area contributed by atoms with Crippen LogP contribution in [0.4, 0.5) is 0 Å². The maximum atomic E-state index is 10.5. The van der Waals surface area contributed by atoms with E-state index in [0.717, 1.165) is 19.3 Å². The lowest BCUT2D eigenvalue weighted by Gasteiger charge is -2.02. The first-order valence-electron chi connectivity index (χ1n) is 3.12. The zero-order valence-electron chi connectivity index (χ0n) is 5.11. The van der Waals surface area contributed by atoms with Crippen molar-refractivity contribution in [2.45, 2.75) is 32.2 Å². The van der Waals surface area contributed by atoms with Gasteiger partial charge in [0.15, 0.2) is 0 Å². The molecule has 0 aromatic rings. The second-order valence-electron chi connectivity index (χ2n) is 2.21. The van der Waals surface area contributed by atoms with Gasteiger partial charge < -0.3 is 5.32 Å². The Morgan fingerprint density at radius 1 is 1.88 bits per heavy atom. The summed E-state index contributed by atoms with van der Waals surface area (Å²) in [6.07, 6.45) is 2.85. The molecule has 1 amide bonds. The van der Waals surface area contributed by atoms with Crippen LogP contribution >= 0.6 is 0 Å². The highest BCUT2D eigenvalue weighted by Crippen LogP contribution is 2.08. The second-order valence-corrected chi connectivity index (χ2v) is 2.21. The lowest BCUT2D eigenvalue weighted by atomic mass is 10.2. The van der Waals surface area contributed by atoms with Crippen LogP contribution in [0.5, 0.6) is 0 Å². The van der Waals surface area contributed by atoms with Gasteiger partial charge >= 0.3 is 0 Å². The van der Waals surface area contributed by atoms with Crippen molar-refractivity contribution in [2.75, 3.05) is 0 Å². The zero-order valence-corrected chi connectivity index (χ0v) is 5.11. The Morgan fingerprint density at radius 2 is 2.62 bits per heavy atom. The normalized spacial score (nSPS) is 28.1. The van der Waals surface area contributed by atoms with Crippen LogP contribution in [-0.2, 0) is 4.79 Å². The van der Waals surface area contributed by atoms with Crippen molar-refractivity contribution in [3.05, 3.63) is 0 Å². The van der Waals surface area contributed by atoms with Gasteiger partial charge in [-0.15, -0.1) is 0 Å². The highest BCUT2D eigenvalue weighted by Gasteiger charge is 2.17. The summed E-state index contributed by atoms with van der Waals surface area (Å²) in [7, 11) is 0. The summed E-state index contributed by atoms with van der Waals surface area (Å²) >= 11 is 0. The van der Waals surface area contributed by atoms with E-state index in [0.29, 0.717) is 6.04 Å². The third-order valence-electron chi connectivity index (χ3n) is 1.58. The minimum Gasteiger partial charge on any atom is -0.353 e. The maximum absolute atomic E-state index is 10.5. The number of carbonyl (C=O) groups excluding carboxylic acids is 1. The molecule has 0 bridgehead atoms. The molecule has 1 aliphatic heterocycles. The molecular weight excluding hydrogens is 102 g/mol. The van der Waals surface area contributed by atoms with E-state index in [9.17, 15) is 4.79 Å². The SMILES string of the molecule is CC[C@H]1CCC(=O)N1. The van der Waals surface area contributed by atoms with Gasteiger partial charge in [0.05, 0.1) is 0 Å². The minimum atomic E-state index is 0.219. The molecule has 0 unspecified atom stereocenters. The van der Waals surface area contributed by atoms with Crippen molar-refractivity contribution in [3.8, 4) is 0 Å². The van der Waals surface area contributed by atoms with Gasteiger partial charge in [-0.2, -0.15) is 0 Å². The first kappa shape index (κ1) is 5.60. The average molecular weight is 113 g/mol. The number of nitrogens with one attached hydrogen (secondary N) is 1. The molecule has 2 nitrogen and oxygen atoms in total. The van der Waals surface area contributed by atoms with Gasteiger partial charge in [0, 0.05) is 12.5 Å². The van der Waals surface area contributed by atoms with Crippen molar-refractivity contribution in [2.24, 2.45) is 0 Å². The Balaban J connectivity index is 2.32. The topological polar surface area (TPSA) is 29.1 Å². The Hall–Kier alpha value is -0.530. The fourth-order valence-electron chi connectivity index (χ4n) is 0.984. The number of hydrogen-bond acceptors (Lipinski definition) is 1. The lowest BCUT2D eigenvalue weighted by molar-refractivity contribution is -0.119. The molecule has 1 N–H and O–H groups in total. The highest BCUT2D eigenvalue weighted by atomic mass is 16.1. The lowest BCUT2D eigenvalue weighted by Crippen LogP contribution is -2.23. The molecule has 8 heavy (non-hydrogen) atoms. The van der Waals surface area contributed by atoms with Gasteiger partial charge in [-0.25, -0.2) is 0 Å². The fourth-order valence-corrected chi connectivity index (χ4v) is 0.984. The fraction of sp³-hybridized carbons (Fsp3) is 0.833. The van der Waals surface area contributed by atoms with Crippen molar-refractivity contribution in [3.63, 3.8) is 0 Å². The molecule has 0 radical (unpaired) electrons. The molecule has 0 saturated carbocycles. The molecule has 1 heterocycles. The molecular formula is C6H11NO. The molecule has 1 rings (SSSR count). The van der Waals surface area contributed by atoms with Gasteiger partial charge in [-0.3, -0.25) is 4.79 Å². The monoisotopic (exact) mass is 113 g/mol. The summed E-state index contributed by atoms with van der Waals surface area (Å²) in [4.78, 5) is 10.5. The molecule has 0 aliphatic carbocycles. The van der Waals surface area contributed by atoms with Gasteiger partial charge in [0.2, 0.25) is 5.91 Å². The standard InChI is InChI=1S/C6H11NO/c1-2-5-3-4-6(8)7-5/h5H,2-4H2,1H3,(H,7,8)/t5-/m0/s1.